The number of nitro groups is 1. The molecule has 13 heteroatoms. The molecule has 39 heavy (non-hydrogen) atoms. The Bertz CT molecular complexity index is 1450. The third-order valence-electron chi connectivity index (χ3n) is 5.93. The molecule has 0 radical (unpaired) electrons. The molecular formula is C26H26Cl2N4O6S. The first kappa shape index (κ1) is 29.9. The van der Waals surface area contributed by atoms with E-state index in [2.05, 4.69) is 5.32 Å². The van der Waals surface area contributed by atoms with Gasteiger partial charge in [-0.05, 0) is 48.4 Å². The molecule has 2 amide bonds. The molecule has 3 rings (SSSR count). The average molecular weight is 593 g/mol. The van der Waals surface area contributed by atoms with E-state index in [4.69, 9.17) is 23.2 Å². The third-order valence-corrected chi connectivity index (χ3v) is 8.45. The lowest BCUT2D eigenvalue weighted by Gasteiger charge is -2.33. The molecule has 0 aliphatic rings. The summed E-state index contributed by atoms with van der Waals surface area (Å²) in [6, 6.07) is 16.2. The van der Waals surface area contributed by atoms with Crippen LogP contribution in [0, 0.1) is 10.1 Å². The van der Waals surface area contributed by atoms with Crippen LogP contribution in [-0.4, -0.2) is 49.7 Å². The van der Waals surface area contributed by atoms with Crippen molar-refractivity contribution in [1.82, 2.24) is 10.2 Å². The molecule has 0 aliphatic heterocycles. The van der Waals surface area contributed by atoms with Gasteiger partial charge in [-0.15, -0.1) is 0 Å². The standard InChI is InChI=1S/C26H26Cl2N4O6S/c1-3-24(26(34)29-2)30(16-18-9-14-22(27)23(28)15-18)25(33)17-31(19-10-12-20(13-11-19)32(35)36)39(37,38)21-7-5-4-6-8-21/h4-15,24H,3,16-17H2,1-2H3,(H,29,34). The summed E-state index contributed by atoms with van der Waals surface area (Å²) in [4.78, 5) is 38.3. The van der Waals surface area contributed by atoms with E-state index in [1.54, 1.807) is 31.2 Å². The lowest BCUT2D eigenvalue weighted by atomic mass is 10.1. The molecule has 0 saturated heterocycles. The molecule has 0 saturated carbocycles. The number of rotatable bonds is 11. The number of sulfonamides is 1. The summed E-state index contributed by atoms with van der Waals surface area (Å²) in [5.41, 5.74) is 0.377. The first-order valence-electron chi connectivity index (χ1n) is 11.8. The fourth-order valence-corrected chi connectivity index (χ4v) is 5.67. The summed E-state index contributed by atoms with van der Waals surface area (Å²) >= 11 is 12.2. The number of likely N-dealkylation sites (N-methyl/N-ethyl adjacent to an activating group) is 1. The molecule has 0 aliphatic carbocycles. The van der Waals surface area contributed by atoms with E-state index >= 15 is 0 Å². The number of carbonyl (C=O) groups is 2. The van der Waals surface area contributed by atoms with E-state index in [1.165, 1.54) is 48.3 Å². The quantitative estimate of drug-likeness (QED) is 0.255. The van der Waals surface area contributed by atoms with Gasteiger partial charge in [0.05, 0.1) is 25.6 Å². The molecule has 0 bridgehead atoms. The highest BCUT2D eigenvalue weighted by Crippen LogP contribution is 2.28. The van der Waals surface area contributed by atoms with Crippen LogP contribution in [0.15, 0.2) is 77.7 Å². The van der Waals surface area contributed by atoms with Crippen molar-refractivity contribution in [3.05, 3.63) is 98.5 Å². The summed E-state index contributed by atoms with van der Waals surface area (Å²) in [6.07, 6.45) is 0.246. The van der Waals surface area contributed by atoms with E-state index in [0.29, 0.717) is 10.6 Å². The SMILES string of the molecule is CCC(C(=O)NC)N(Cc1ccc(Cl)c(Cl)c1)C(=O)CN(c1ccc([N+](=O)[O-])cc1)S(=O)(=O)c1ccccc1. The smallest absolute Gasteiger partial charge is 0.269 e. The number of non-ortho nitro benzene ring substituents is 1. The van der Waals surface area contributed by atoms with Crippen LogP contribution in [0.2, 0.25) is 10.0 Å². The zero-order chi connectivity index (χ0) is 28.7. The topological polar surface area (TPSA) is 130 Å². The second-order valence-corrected chi connectivity index (χ2v) is 11.1. The first-order valence-corrected chi connectivity index (χ1v) is 14.0. The van der Waals surface area contributed by atoms with Gasteiger partial charge >= 0.3 is 0 Å². The molecule has 1 atom stereocenters. The van der Waals surface area contributed by atoms with Gasteiger partial charge in [0, 0.05) is 25.7 Å². The van der Waals surface area contributed by atoms with Gasteiger partial charge in [-0.2, -0.15) is 0 Å². The minimum atomic E-state index is -4.28. The number of halogens is 2. The van der Waals surface area contributed by atoms with Crippen molar-refractivity contribution in [3.63, 3.8) is 0 Å². The number of benzene rings is 3. The van der Waals surface area contributed by atoms with Crippen LogP contribution in [0.25, 0.3) is 0 Å². The Balaban J connectivity index is 2.07. The van der Waals surface area contributed by atoms with Crippen molar-refractivity contribution >= 4 is 56.4 Å². The Morgan fingerprint density at radius 1 is 1.00 bits per heavy atom. The number of nitro benzene ring substituents is 1. The van der Waals surface area contributed by atoms with Crippen LogP contribution in [0.1, 0.15) is 18.9 Å². The Morgan fingerprint density at radius 2 is 1.64 bits per heavy atom. The molecule has 0 fully saturated rings. The van der Waals surface area contributed by atoms with Crippen LogP contribution < -0.4 is 9.62 Å². The summed E-state index contributed by atoms with van der Waals surface area (Å²) in [5, 5.41) is 14.3. The number of hydrogen-bond donors (Lipinski definition) is 1. The Hall–Kier alpha value is -3.67. The minimum Gasteiger partial charge on any atom is -0.357 e. The molecule has 10 nitrogen and oxygen atoms in total. The van der Waals surface area contributed by atoms with E-state index < -0.39 is 39.3 Å². The highest BCUT2D eigenvalue weighted by atomic mass is 35.5. The average Bonchev–Trinajstić information content (AvgIpc) is 2.93. The number of amides is 2. The second-order valence-electron chi connectivity index (χ2n) is 8.41. The van der Waals surface area contributed by atoms with Crippen LogP contribution in [0.3, 0.4) is 0 Å². The Morgan fingerprint density at radius 3 is 2.18 bits per heavy atom. The highest BCUT2D eigenvalue weighted by Gasteiger charge is 2.33. The summed E-state index contributed by atoms with van der Waals surface area (Å²) < 4.78 is 28.2. The molecule has 0 aromatic heterocycles. The van der Waals surface area contributed by atoms with Crippen molar-refractivity contribution in [2.75, 3.05) is 17.9 Å². The molecule has 3 aromatic rings. The molecule has 1 unspecified atom stereocenters. The van der Waals surface area contributed by atoms with Gasteiger partial charge in [0.1, 0.15) is 12.6 Å². The molecular weight excluding hydrogens is 567 g/mol. The summed E-state index contributed by atoms with van der Waals surface area (Å²) in [7, 11) is -2.84. The van der Waals surface area contributed by atoms with Crippen molar-refractivity contribution in [2.45, 2.75) is 30.8 Å². The van der Waals surface area contributed by atoms with Crippen molar-refractivity contribution in [1.29, 1.82) is 0 Å². The number of hydrogen-bond acceptors (Lipinski definition) is 6. The lowest BCUT2D eigenvalue weighted by molar-refractivity contribution is -0.384. The van der Waals surface area contributed by atoms with Crippen molar-refractivity contribution in [3.8, 4) is 0 Å². The molecule has 206 valence electrons. The fraction of sp³-hybridized carbons (Fsp3) is 0.231. The van der Waals surface area contributed by atoms with Crippen LogP contribution >= 0.6 is 23.2 Å². The summed E-state index contributed by atoms with van der Waals surface area (Å²) in [5.74, 6) is -1.10. The van der Waals surface area contributed by atoms with Gasteiger partial charge in [-0.25, -0.2) is 8.42 Å². The van der Waals surface area contributed by atoms with E-state index in [0.717, 1.165) is 16.4 Å². The number of carbonyl (C=O) groups excluding carboxylic acids is 2. The van der Waals surface area contributed by atoms with Crippen LogP contribution in [0.5, 0.6) is 0 Å². The van der Waals surface area contributed by atoms with Gasteiger partial charge in [0.25, 0.3) is 15.7 Å². The molecule has 0 heterocycles. The highest BCUT2D eigenvalue weighted by molar-refractivity contribution is 7.92. The largest absolute Gasteiger partial charge is 0.357 e. The monoisotopic (exact) mass is 592 g/mol. The fourth-order valence-electron chi connectivity index (χ4n) is 3.91. The zero-order valence-electron chi connectivity index (χ0n) is 21.1. The predicted molar refractivity (Wildman–Crippen MR) is 149 cm³/mol. The van der Waals surface area contributed by atoms with Crippen LogP contribution in [-0.2, 0) is 26.2 Å². The molecule has 1 N–H and O–H groups in total. The second kappa shape index (κ2) is 12.9. The van der Waals surface area contributed by atoms with Crippen LogP contribution in [0.4, 0.5) is 11.4 Å². The zero-order valence-corrected chi connectivity index (χ0v) is 23.4. The van der Waals surface area contributed by atoms with Gasteiger partial charge in [-0.3, -0.25) is 24.0 Å². The van der Waals surface area contributed by atoms with E-state index in [-0.39, 0.29) is 34.3 Å². The van der Waals surface area contributed by atoms with Gasteiger partial charge in [0.2, 0.25) is 11.8 Å². The van der Waals surface area contributed by atoms with E-state index in [1.807, 2.05) is 0 Å². The molecule has 3 aromatic carbocycles. The van der Waals surface area contributed by atoms with Gasteiger partial charge in [-0.1, -0.05) is 54.4 Å². The number of anilines is 1. The maximum Gasteiger partial charge on any atom is 0.269 e. The van der Waals surface area contributed by atoms with Gasteiger partial charge < -0.3 is 10.2 Å². The molecule has 0 spiro atoms. The summed E-state index contributed by atoms with van der Waals surface area (Å²) in [6.45, 7) is 0.995. The Kier molecular flexibility index (Phi) is 9.90. The predicted octanol–water partition coefficient (Wildman–Crippen LogP) is 4.65. The third kappa shape index (κ3) is 7.05. The van der Waals surface area contributed by atoms with Gasteiger partial charge in [0.15, 0.2) is 0 Å². The van der Waals surface area contributed by atoms with Crippen molar-refractivity contribution < 1.29 is 22.9 Å². The lowest BCUT2D eigenvalue weighted by Crippen LogP contribution is -2.51. The number of nitrogens with one attached hydrogen (secondary N) is 1. The minimum absolute atomic E-state index is 0.0419. The maximum atomic E-state index is 13.8. The first-order chi connectivity index (χ1) is 18.5. The maximum absolute atomic E-state index is 13.8. The Labute approximate surface area is 236 Å². The normalized spacial score (nSPS) is 11.9. The number of nitrogens with zero attached hydrogens (tertiary/aromatic N) is 3. The van der Waals surface area contributed by atoms with E-state index in [9.17, 15) is 28.1 Å². The van der Waals surface area contributed by atoms with Crippen molar-refractivity contribution in [2.24, 2.45) is 0 Å².